The fraction of sp³-hybridized carbons (Fsp3) is 0.526. The minimum absolute atomic E-state index is 0.640. The quantitative estimate of drug-likeness (QED) is 0.820. The molecule has 2 aromatic rings. The molecule has 2 unspecified atom stereocenters. The van der Waals surface area contributed by atoms with E-state index >= 15 is 0 Å². The van der Waals surface area contributed by atoms with E-state index in [0.29, 0.717) is 12.1 Å². The van der Waals surface area contributed by atoms with Crippen LogP contribution < -0.4 is 0 Å². The van der Waals surface area contributed by atoms with Gasteiger partial charge in [0.05, 0.1) is 6.54 Å². The van der Waals surface area contributed by atoms with Crippen molar-refractivity contribution in [2.24, 2.45) is 0 Å². The standard InChI is InChI=1S/C19H28N4/c1-17-15-19(21(2)13-14-23-11-6-10-20-23)9-12-22(17)16-18-7-4-3-5-8-18/h3-8,10-11,17,19H,9,12-16H2,1-2H3. The number of benzene rings is 1. The number of piperidine rings is 1. The molecule has 0 spiro atoms. The number of likely N-dealkylation sites (tertiary alicyclic amines) is 1. The number of hydrogen-bond acceptors (Lipinski definition) is 3. The topological polar surface area (TPSA) is 24.3 Å². The van der Waals surface area contributed by atoms with Gasteiger partial charge in [-0.15, -0.1) is 0 Å². The Bertz CT molecular complexity index is 566. The second-order valence-electron chi connectivity index (χ2n) is 6.73. The van der Waals surface area contributed by atoms with Crippen LogP contribution in [0.1, 0.15) is 25.3 Å². The number of hydrogen-bond donors (Lipinski definition) is 0. The minimum Gasteiger partial charge on any atom is -0.301 e. The van der Waals surface area contributed by atoms with Crippen molar-refractivity contribution in [3.05, 3.63) is 54.4 Å². The smallest absolute Gasteiger partial charge is 0.0536 e. The highest BCUT2D eigenvalue weighted by Gasteiger charge is 2.27. The summed E-state index contributed by atoms with van der Waals surface area (Å²) >= 11 is 0. The van der Waals surface area contributed by atoms with Crippen LogP contribution in [0.3, 0.4) is 0 Å². The van der Waals surface area contributed by atoms with Gasteiger partial charge in [0.25, 0.3) is 0 Å². The predicted octanol–water partition coefficient (Wildman–Crippen LogP) is 2.87. The lowest BCUT2D eigenvalue weighted by Crippen LogP contribution is -2.48. The zero-order chi connectivity index (χ0) is 16.1. The molecule has 0 bridgehead atoms. The molecule has 124 valence electrons. The lowest BCUT2D eigenvalue weighted by Gasteiger charge is -2.41. The molecule has 2 atom stereocenters. The Morgan fingerprint density at radius 3 is 2.74 bits per heavy atom. The van der Waals surface area contributed by atoms with Crippen molar-refractivity contribution in [1.29, 1.82) is 0 Å². The molecule has 0 N–H and O–H groups in total. The molecule has 1 aliphatic heterocycles. The van der Waals surface area contributed by atoms with E-state index < -0.39 is 0 Å². The number of rotatable bonds is 6. The Morgan fingerprint density at radius 2 is 2.04 bits per heavy atom. The Balaban J connectivity index is 1.47. The average Bonchev–Trinajstić information content (AvgIpc) is 3.09. The van der Waals surface area contributed by atoms with Gasteiger partial charge in [0.15, 0.2) is 0 Å². The van der Waals surface area contributed by atoms with E-state index in [0.717, 1.165) is 19.6 Å². The number of nitrogens with zero attached hydrogens (tertiary/aromatic N) is 4. The van der Waals surface area contributed by atoms with Crippen molar-refractivity contribution in [2.45, 2.75) is 44.9 Å². The van der Waals surface area contributed by atoms with E-state index in [9.17, 15) is 0 Å². The Hall–Kier alpha value is -1.65. The van der Waals surface area contributed by atoms with Crippen LogP contribution in [0, 0.1) is 0 Å². The molecular formula is C19H28N4. The average molecular weight is 312 g/mol. The molecule has 0 saturated carbocycles. The summed E-state index contributed by atoms with van der Waals surface area (Å²) in [6.45, 7) is 6.68. The summed E-state index contributed by atoms with van der Waals surface area (Å²) in [7, 11) is 2.26. The van der Waals surface area contributed by atoms with Crippen molar-refractivity contribution in [3.63, 3.8) is 0 Å². The first-order chi connectivity index (χ1) is 11.2. The van der Waals surface area contributed by atoms with Gasteiger partial charge >= 0.3 is 0 Å². The summed E-state index contributed by atoms with van der Waals surface area (Å²) < 4.78 is 2.02. The van der Waals surface area contributed by atoms with Gasteiger partial charge in [0.2, 0.25) is 0 Å². The summed E-state index contributed by atoms with van der Waals surface area (Å²) in [5.74, 6) is 0. The van der Waals surface area contributed by atoms with Crippen LogP contribution in [0.25, 0.3) is 0 Å². The van der Waals surface area contributed by atoms with Crippen LogP contribution in [0.15, 0.2) is 48.8 Å². The second kappa shape index (κ2) is 7.75. The zero-order valence-electron chi connectivity index (χ0n) is 14.3. The molecule has 1 fully saturated rings. The van der Waals surface area contributed by atoms with Crippen LogP contribution in [0.2, 0.25) is 0 Å². The highest BCUT2D eigenvalue weighted by Crippen LogP contribution is 2.22. The first kappa shape index (κ1) is 16.2. The third-order valence-corrected chi connectivity index (χ3v) is 5.08. The van der Waals surface area contributed by atoms with E-state index in [1.807, 2.05) is 23.1 Å². The van der Waals surface area contributed by atoms with E-state index in [1.54, 1.807) is 0 Å². The first-order valence-corrected chi connectivity index (χ1v) is 8.68. The molecule has 1 aliphatic rings. The minimum atomic E-state index is 0.640. The van der Waals surface area contributed by atoms with Gasteiger partial charge in [-0.25, -0.2) is 0 Å². The summed E-state index contributed by atoms with van der Waals surface area (Å²) in [4.78, 5) is 5.13. The molecule has 0 amide bonds. The van der Waals surface area contributed by atoms with E-state index in [1.165, 1.54) is 24.9 Å². The summed E-state index contributed by atoms with van der Waals surface area (Å²) in [5, 5.41) is 4.29. The fourth-order valence-corrected chi connectivity index (χ4v) is 3.52. The molecule has 4 nitrogen and oxygen atoms in total. The highest BCUT2D eigenvalue weighted by molar-refractivity contribution is 5.14. The largest absolute Gasteiger partial charge is 0.301 e. The Kier molecular flexibility index (Phi) is 5.47. The molecule has 1 saturated heterocycles. The third-order valence-electron chi connectivity index (χ3n) is 5.08. The van der Waals surface area contributed by atoms with Crippen LogP contribution >= 0.6 is 0 Å². The van der Waals surface area contributed by atoms with E-state index in [4.69, 9.17) is 0 Å². The van der Waals surface area contributed by atoms with Gasteiger partial charge < -0.3 is 4.90 Å². The molecule has 1 aromatic carbocycles. The summed E-state index contributed by atoms with van der Waals surface area (Å²) in [6, 6.07) is 14.1. The molecule has 0 radical (unpaired) electrons. The molecule has 3 rings (SSSR count). The van der Waals surface area contributed by atoms with E-state index in [-0.39, 0.29) is 0 Å². The second-order valence-corrected chi connectivity index (χ2v) is 6.73. The first-order valence-electron chi connectivity index (χ1n) is 8.68. The SMILES string of the molecule is CC1CC(N(C)CCn2cccn2)CCN1Cc1ccccc1. The summed E-state index contributed by atoms with van der Waals surface area (Å²) in [6.07, 6.45) is 6.40. The van der Waals surface area contributed by atoms with Gasteiger partial charge in [-0.3, -0.25) is 9.58 Å². The lowest BCUT2D eigenvalue weighted by molar-refractivity contribution is 0.0784. The fourth-order valence-electron chi connectivity index (χ4n) is 3.52. The van der Waals surface area contributed by atoms with Crippen LogP contribution in [0.5, 0.6) is 0 Å². The third kappa shape index (κ3) is 4.43. The van der Waals surface area contributed by atoms with Crippen molar-refractivity contribution < 1.29 is 0 Å². The van der Waals surface area contributed by atoms with Gasteiger partial charge in [-0.05, 0) is 38.4 Å². The Labute approximate surface area is 139 Å². The highest BCUT2D eigenvalue weighted by atomic mass is 15.3. The normalized spacial score (nSPS) is 22.6. The number of aromatic nitrogens is 2. The van der Waals surface area contributed by atoms with Crippen molar-refractivity contribution in [3.8, 4) is 0 Å². The predicted molar refractivity (Wildman–Crippen MR) is 94.2 cm³/mol. The number of likely N-dealkylation sites (N-methyl/N-ethyl adjacent to an activating group) is 1. The maximum absolute atomic E-state index is 4.29. The Morgan fingerprint density at radius 1 is 1.22 bits per heavy atom. The molecular weight excluding hydrogens is 284 g/mol. The summed E-state index contributed by atoms with van der Waals surface area (Å²) in [5.41, 5.74) is 1.42. The maximum Gasteiger partial charge on any atom is 0.0536 e. The van der Waals surface area contributed by atoms with Crippen molar-refractivity contribution >= 4 is 0 Å². The molecule has 2 heterocycles. The lowest BCUT2D eigenvalue weighted by atomic mass is 9.96. The van der Waals surface area contributed by atoms with Crippen LogP contribution in [-0.2, 0) is 13.1 Å². The zero-order valence-corrected chi connectivity index (χ0v) is 14.3. The molecule has 23 heavy (non-hydrogen) atoms. The van der Waals surface area contributed by atoms with Crippen molar-refractivity contribution in [1.82, 2.24) is 19.6 Å². The van der Waals surface area contributed by atoms with Gasteiger partial charge in [-0.2, -0.15) is 5.10 Å². The maximum atomic E-state index is 4.29. The van der Waals surface area contributed by atoms with Crippen LogP contribution in [0.4, 0.5) is 0 Å². The van der Waals surface area contributed by atoms with Crippen molar-refractivity contribution in [2.75, 3.05) is 20.1 Å². The van der Waals surface area contributed by atoms with Crippen LogP contribution in [-0.4, -0.2) is 51.8 Å². The molecule has 1 aromatic heterocycles. The monoisotopic (exact) mass is 312 g/mol. The molecule has 4 heteroatoms. The van der Waals surface area contributed by atoms with Gasteiger partial charge in [0.1, 0.15) is 0 Å². The van der Waals surface area contributed by atoms with Gasteiger partial charge in [0, 0.05) is 44.1 Å². The van der Waals surface area contributed by atoms with E-state index in [2.05, 4.69) is 59.2 Å². The molecule has 0 aliphatic carbocycles. The van der Waals surface area contributed by atoms with Gasteiger partial charge in [-0.1, -0.05) is 30.3 Å².